The molecule has 0 fully saturated rings. The third-order valence-corrected chi connectivity index (χ3v) is 2.31. The van der Waals surface area contributed by atoms with Crippen LogP contribution in [0.1, 0.15) is 42.4 Å². The number of unbranched alkanes of at least 4 members (excludes halogenated alkanes) is 1. The summed E-state index contributed by atoms with van der Waals surface area (Å²) in [6, 6.07) is 0.591. The fourth-order valence-electron chi connectivity index (χ4n) is 1.37. The van der Waals surface area contributed by atoms with Gasteiger partial charge in [0.2, 0.25) is 0 Å². The molecule has 1 amide bonds. The van der Waals surface area contributed by atoms with Gasteiger partial charge in [-0.15, -0.1) is 0 Å². The molecular weight excluding hydrogens is 224 g/mol. The van der Waals surface area contributed by atoms with Gasteiger partial charge in [-0.05, 0) is 13.3 Å². The Kier molecular flexibility index (Phi) is 4.68. The summed E-state index contributed by atoms with van der Waals surface area (Å²) in [5.41, 5.74) is 0.102. The Hall–Kier alpha value is -1.85. The number of amides is 1. The third-order valence-electron chi connectivity index (χ3n) is 2.31. The quantitative estimate of drug-likeness (QED) is 0.783. The zero-order valence-electron chi connectivity index (χ0n) is 9.90. The van der Waals surface area contributed by atoms with Gasteiger partial charge in [0.15, 0.2) is 5.69 Å². The van der Waals surface area contributed by atoms with E-state index < -0.39 is 17.9 Å². The summed E-state index contributed by atoms with van der Waals surface area (Å²) in [5, 5.41) is 14.9. The van der Waals surface area contributed by atoms with Crippen LogP contribution < -0.4 is 5.32 Å². The molecular formula is C11H16N2O4. The molecule has 17 heavy (non-hydrogen) atoms. The number of nitrogens with zero attached hydrogens (tertiary/aromatic N) is 1. The van der Waals surface area contributed by atoms with E-state index in [2.05, 4.69) is 10.5 Å². The van der Waals surface area contributed by atoms with Crippen molar-refractivity contribution in [3.63, 3.8) is 0 Å². The van der Waals surface area contributed by atoms with E-state index in [9.17, 15) is 9.59 Å². The summed E-state index contributed by atoms with van der Waals surface area (Å²) in [6.45, 7) is 3.62. The van der Waals surface area contributed by atoms with Gasteiger partial charge in [0.25, 0.3) is 5.91 Å². The number of nitrogens with one attached hydrogen (secondary N) is 1. The fourth-order valence-corrected chi connectivity index (χ4v) is 1.37. The highest BCUT2D eigenvalue weighted by Crippen LogP contribution is 2.05. The Morgan fingerprint density at radius 1 is 1.59 bits per heavy atom. The van der Waals surface area contributed by atoms with Crippen LogP contribution in [0.2, 0.25) is 0 Å². The Bertz CT molecular complexity index is 400. The lowest BCUT2D eigenvalue weighted by molar-refractivity contribution is -0.139. The first-order valence-electron chi connectivity index (χ1n) is 5.51. The van der Waals surface area contributed by atoms with Crippen molar-refractivity contribution in [2.45, 2.75) is 39.2 Å². The normalized spacial score (nSPS) is 12.1. The van der Waals surface area contributed by atoms with E-state index in [1.54, 1.807) is 6.92 Å². The summed E-state index contributed by atoms with van der Waals surface area (Å²) in [7, 11) is 0. The SMILES string of the molecule is CCCCC(NC(=O)c1cc(C)on1)C(=O)O. The van der Waals surface area contributed by atoms with Crippen LogP contribution in [0.4, 0.5) is 0 Å². The summed E-state index contributed by atoms with van der Waals surface area (Å²) in [4.78, 5) is 22.6. The minimum absolute atomic E-state index is 0.102. The van der Waals surface area contributed by atoms with Gasteiger partial charge in [-0.25, -0.2) is 4.79 Å². The molecule has 1 atom stereocenters. The Morgan fingerprint density at radius 2 is 2.29 bits per heavy atom. The number of aromatic nitrogens is 1. The minimum Gasteiger partial charge on any atom is -0.480 e. The second-order valence-corrected chi connectivity index (χ2v) is 3.83. The van der Waals surface area contributed by atoms with Crippen LogP contribution in [0.15, 0.2) is 10.6 Å². The summed E-state index contributed by atoms with van der Waals surface area (Å²) in [6.07, 6.45) is 2.03. The molecule has 0 radical (unpaired) electrons. The van der Waals surface area contributed by atoms with Crippen molar-refractivity contribution in [3.8, 4) is 0 Å². The van der Waals surface area contributed by atoms with E-state index >= 15 is 0 Å². The zero-order chi connectivity index (χ0) is 12.8. The monoisotopic (exact) mass is 240 g/mol. The largest absolute Gasteiger partial charge is 0.480 e. The number of rotatable bonds is 6. The van der Waals surface area contributed by atoms with E-state index in [0.717, 1.165) is 12.8 Å². The van der Waals surface area contributed by atoms with Crippen molar-refractivity contribution in [2.24, 2.45) is 0 Å². The highest BCUT2D eigenvalue weighted by atomic mass is 16.5. The number of aryl methyl sites for hydroxylation is 1. The van der Waals surface area contributed by atoms with E-state index in [4.69, 9.17) is 9.63 Å². The average molecular weight is 240 g/mol. The van der Waals surface area contributed by atoms with Crippen LogP contribution in [0, 0.1) is 6.92 Å². The van der Waals surface area contributed by atoms with E-state index in [0.29, 0.717) is 12.2 Å². The molecule has 0 aromatic carbocycles. The number of carbonyl (C=O) groups excluding carboxylic acids is 1. The highest BCUT2D eigenvalue weighted by molar-refractivity contribution is 5.94. The van der Waals surface area contributed by atoms with Crippen molar-refractivity contribution in [2.75, 3.05) is 0 Å². The van der Waals surface area contributed by atoms with Crippen LogP contribution in [0.5, 0.6) is 0 Å². The lowest BCUT2D eigenvalue weighted by Gasteiger charge is -2.12. The van der Waals surface area contributed by atoms with Gasteiger partial charge in [0.05, 0.1) is 0 Å². The summed E-state index contributed by atoms with van der Waals surface area (Å²) >= 11 is 0. The van der Waals surface area contributed by atoms with Crippen molar-refractivity contribution in [1.82, 2.24) is 10.5 Å². The fraction of sp³-hybridized carbons (Fsp3) is 0.545. The standard InChI is InChI=1S/C11H16N2O4/c1-3-4-5-8(11(15)16)12-10(14)9-6-7(2)17-13-9/h6,8H,3-5H2,1-2H3,(H,12,14)(H,15,16). The molecule has 0 bridgehead atoms. The van der Waals surface area contributed by atoms with Gasteiger partial charge in [0.1, 0.15) is 11.8 Å². The van der Waals surface area contributed by atoms with Gasteiger partial charge >= 0.3 is 5.97 Å². The Labute approximate surface area is 99.0 Å². The highest BCUT2D eigenvalue weighted by Gasteiger charge is 2.21. The predicted molar refractivity (Wildman–Crippen MR) is 59.7 cm³/mol. The van der Waals surface area contributed by atoms with Gasteiger partial charge < -0.3 is 14.9 Å². The molecule has 0 saturated carbocycles. The molecule has 2 N–H and O–H groups in total. The van der Waals surface area contributed by atoms with Crippen molar-refractivity contribution >= 4 is 11.9 Å². The van der Waals surface area contributed by atoms with Gasteiger partial charge in [-0.2, -0.15) is 0 Å². The summed E-state index contributed by atoms with van der Waals surface area (Å²) in [5.74, 6) is -1.05. The molecule has 0 saturated heterocycles. The number of aliphatic carboxylic acids is 1. The lowest BCUT2D eigenvalue weighted by Crippen LogP contribution is -2.40. The topological polar surface area (TPSA) is 92.4 Å². The van der Waals surface area contributed by atoms with Crippen LogP contribution in [0.25, 0.3) is 0 Å². The second kappa shape index (κ2) is 6.03. The molecule has 1 heterocycles. The first-order valence-corrected chi connectivity index (χ1v) is 5.51. The number of carboxylic acids is 1. The maximum Gasteiger partial charge on any atom is 0.326 e. The van der Waals surface area contributed by atoms with Crippen LogP contribution in [-0.4, -0.2) is 28.2 Å². The van der Waals surface area contributed by atoms with Gasteiger partial charge in [0, 0.05) is 6.07 Å². The molecule has 6 nitrogen and oxygen atoms in total. The van der Waals surface area contributed by atoms with Crippen molar-refractivity contribution < 1.29 is 19.2 Å². The smallest absolute Gasteiger partial charge is 0.326 e. The number of hydrogen-bond acceptors (Lipinski definition) is 4. The van der Waals surface area contributed by atoms with Crippen LogP contribution in [-0.2, 0) is 4.79 Å². The molecule has 1 aromatic rings. The van der Waals surface area contributed by atoms with Crippen molar-refractivity contribution in [3.05, 3.63) is 17.5 Å². The number of carbonyl (C=O) groups is 2. The Balaban J connectivity index is 2.60. The number of carboxylic acid groups (broad SMARTS) is 1. The second-order valence-electron chi connectivity index (χ2n) is 3.83. The molecule has 0 aliphatic rings. The molecule has 1 unspecified atom stereocenters. The third kappa shape index (κ3) is 3.90. The maximum atomic E-state index is 11.6. The molecule has 94 valence electrons. The molecule has 1 aromatic heterocycles. The molecule has 1 rings (SSSR count). The first-order chi connectivity index (χ1) is 8.04. The van der Waals surface area contributed by atoms with E-state index in [1.165, 1.54) is 6.07 Å². The molecule has 0 spiro atoms. The van der Waals surface area contributed by atoms with E-state index in [1.807, 2.05) is 6.92 Å². The minimum atomic E-state index is -1.04. The maximum absolute atomic E-state index is 11.6. The Morgan fingerprint density at radius 3 is 2.76 bits per heavy atom. The first kappa shape index (κ1) is 13.2. The predicted octanol–water partition coefficient (Wildman–Crippen LogP) is 1.36. The average Bonchev–Trinajstić information content (AvgIpc) is 2.70. The van der Waals surface area contributed by atoms with Gasteiger partial charge in [-0.3, -0.25) is 4.79 Å². The van der Waals surface area contributed by atoms with Crippen LogP contribution in [0.3, 0.4) is 0 Å². The molecule has 0 aliphatic carbocycles. The number of hydrogen-bond donors (Lipinski definition) is 2. The van der Waals surface area contributed by atoms with Crippen molar-refractivity contribution in [1.29, 1.82) is 0 Å². The molecule has 6 heteroatoms. The zero-order valence-corrected chi connectivity index (χ0v) is 9.90. The van der Waals surface area contributed by atoms with E-state index in [-0.39, 0.29) is 5.69 Å². The summed E-state index contributed by atoms with van der Waals surface area (Å²) < 4.78 is 4.75. The van der Waals surface area contributed by atoms with Crippen LogP contribution >= 0.6 is 0 Å². The lowest BCUT2D eigenvalue weighted by atomic mass is 10.1. The molecule has 0 aliphatic heterocycles. The van der Waals surface area contributed by atoms with Gasteiger partial charge in [-0.1, -0.05) is 24.9 Å².